The standard InChI is InChI=1S/C14H12N2/c1-9-10(2)16-13-6-4-3-5-11(13)7-14(16)12(9)8-15/h3-6H,7H2,1-2H3. The molecule has 2 heterocycles. The molecule has 0 atom stereocenters. The van der Waals surface area contributed by atoms with Crippen LogP contribution in [0.1, 0.15) is 28.1 Å². The Balaban J connectivity index is 2.38. The molecule has 1 aromatic carbocycles. The van der Waals surface area contributed by atoms with E-state index in [1.165, 1.54) is 16.9 Å². The van der Waals surface area contributed by atoms with Gasteiger partial charge >= 0.3 is 0 Å². The molecule has 0 saturated heterocycles. The number of aromatic nitrogens is 1. The van der Waals surface area contributed by atoms with Gasteiger partial charge in [-0.25, -0.2) is 0 Å². The van der Waals surface area contributed by atoms with Crippen LogP contribution >= 0.6 is 0 Å². The molecular weight excluding hydrogens is 196 g/mol. The van der Waals surface area contributed by atoms with E-state index in [0.717, 1.165) is 23.2 Å². The third-order valence-electron chi connectivity index (χ3n) is 3.51. The summed E-state index contributed by atoms with van der Waals surface area (Å²) in [5.41, 5.74) is 6.87. The Morgan fingerprint density at radius 2 is 2.00 bits per heavy atom. The first-order valence-corrected chi connectivity index (χ1v) is 5.43. The lowest BCUT2D eigenvalue weighted by molar-refractivity contribution is 0.988. The highest BCUT2D eigenvalue weighted by atomic mass is 15.0. The van der Waals surface area contributed by atoms with Crippen LogP contribution in [-0.2, 0) is 6.42 Å². The SMILES string of the molecule is Cc1c(C#N)c2n(c1C)-c1ccccc1C2. The first-order chi connectivity index (χ1) is 7.74. The average Bonchev–Trinajstić information content (AvgIpc) is 2.77. The Hall–Kier alpha value is -2.01. The molecule has 1 aliphatic heterocycles. The maximum absolute atomic E-state index is 9.21. The van der Waals surface area contributed by atoms with Crippen molar-refractivity contribution in [3.8, 4) is 11.8 Å². The Labute approximate surface area is 94.8 Å². The number of para-hydroxylation sites is 1. The van der Waals surface area contributed by atoms with Gasteiger partial charge in [-0.15, -0.1) is 0 Å². The smallest absolute Gasteiger partial charge is 0.101 e. The largest absolute Gasteiger partial charge is 0.316 e. The number of benzene rings is 1. The van der Waals surface area contributed by atoms with Crippen LogP contribution in [0.3, 0.4) is 0 Å². The molecule has 0 bridgehead atoms. The molecule has 0 radical (unpaired) electrons. The van der Waals surface area contributed by atoms with Gasteiger partial charge in [0, 0.05) is 23.5 Å². The molecule has 0 amide bonds. The third-order valence-corrected chi connectivity index (χ3v) is 3.51. The zero-order valence-electron chi connectivity index (χ0n) is 9.41. The minimum Gasteiger partial charge on any atom is -0.316 e. The summed E-state index contributed by atoms with van der Waals surface area (Å²) in [5.74, 6) is 0. The highest BCUT2D eigenvalue weighted by Crippen LogP contribution is 2.34. The monoisotopic (exact) mass is 208 g/mol. The molecule has 0 spiro atoms. The molecule has 0 fully saturated rings. The second-order valence-electron chi connectivity index (χ2n) is 4.28. The van der Waals surface area contributed by atoms with Crippen molar-refractivity contribution >= 4 is 0 Å². The maximum atomic E-state index is 9.21. The van der Waals surface area contributed by atoms with E-state index < -0.39 is 0 Å². The van der Waals surface area contributed by atoms with E-state index >= 15 is 0 Å². The molecule has 3 rings (SSSR count). The predicted molar refractivity (Wildman–Crippen MR) is 62.8 cm³/mol. The molecular formula is C14H12N2. The van der Waals surface area contributed by atoms with Crippen LogP contribution in [0.15, 0.2) is 24.3 Å². The van der Waals surface area contributed by atoms with Crippen LogP contribution in [0.4, 0.5) is 0 Å². The average molecular weight is 208 g/mol. The van der Waals surface area contributed by atoms with Gasteiger partial charge in [0.2, 0.25) is 0 Å². The van der Waals surface area contributed by atoms with Gasteiger partial charge in [0.1, 0.15) is 6.07 Å². The van der Waals surface area contributed by atoms with Crippen molar-refractivity contribution in [1.29, 1.82) is 5.26 Å². The Bertz CT molecular complexity index is 627. The molecule has 1 aromatic heterocycles. The lowest BCUT2D eigenvalue weighted by Gasteiger charge is -2.05. The van der Waals surface area contributed by atoms with Crippen molar-refractivity contribution in [3.63, 3.8) is 0 Å². The molecule has 78 valence electrons. The summed E-state index contributed by atoms with van der Waals surface area (Å²) in [5, 5.41) is 9.21. The van der Waals surface area contributed by atoms with Crippen LogP contribution in [0.2, 0.25) is 0 Å². The molecule has 2 heteroatoms. The zero-order valence-corrected chi connectivity index (χ0v) is 9.41. The molecule has 2 aromatic rings. The quantitative estimate of drug-likeness (QED) is 0.558. The van der Waals surface area contributed by atoms with Crippen LogP contribution in [0.5, 0.6) is 0 Å². The van der Waals surface area contributed by atoms with Gasteiger partial charge in [-0.2, -0.15) is 5.26 Å². The van der Waals surface area contributed by atoms with Crippen molar-refractivity contribution in [2.75, 3.05) is 0 Å². The summed E-state index contributed by atoms with van der Waals surface area (Å²) in [6.07, 6.45) is 0.883. The van der Waals surface area contributed by atoms with Gasteiger partial charge in [-0.1, -0.05) is 18.2 Å². The second-order valence-corrected chi connectivity index (χ2v) is 4.28. The number of hydrogen-bond donors (Lipinski definition) is 0. The predicted octanol–water partition coefficient (Wildman–Crippen LogP) is 2.87. The molecule has 0 N–H and O–H groups in total. The first kappa shape index (κ1) is 9.23. The van der Waals surface area contributed by atoms with Crippen molar-refractivity contribution in [1.82, 2.24) is 4.57 Å². The summed E-state index contributed by atoms with van der Waals surface area (Å²) < 4.78 is 2.23. The Morgan fingerprint density at radius 3 is 2.75 bits per heavy atom. The first-order valence-electron chi connectivity index (χ1n) is 5.43. The number of fused-ring (bicyclic) bond motifs is 3. The number of nitriles is 1. The van der Waals surface area contributed by atoms with E-state index in [-0.39, 0.29) is 0 Å². The second kappa shape index (κ2) is 2.99. The van der Waals surface area contributed by atoms with Gasteiger partial charge in [-0.3, -0.25) is 0 Å². The number of nitrogens with zero attached hydrogens (tertiary/aromatic N) is 2. The molecule has 0 unspecified atom stereocenters. The van der Waals surface area contributed by atoms with Crippen molar-refractivity contribution in [3.05, 3.63) is 52.3 Å². The highest BCUT2D eigenvalue weighted by Gasteiger charge is 2.25. The van der Waals surface area contributed by atoms with Gasteiger partial charge in [-0.05, 0) is 31.0 Å². The summed E-state index contributed by atoms with van der Waals surface area (Å²) in [6.45, 7) is 4.11. The van der Waals surface area contributed by atoms with Crippen molar-refractivity contribution in [2.45, 2.75) is 20.3 Å². The lowest BCUT2D eigenvalue weighted by atomic mass is 10.1. The fourth-order valence-corrected chi connectivity index (χ4v) is 2.58. The molecule has 0 saturated carbocycles. The Morgan fingerprint density at radius 1 is 1.25 bits per heavy atom. The van der Waals surface area contributed by atoms with E-state index in [1.54, 1.807) is 0 Å². The third kappa shape index (κ3) is 0.953. The summed E-state index contributed by atoms with van der Waals surface area (Å²) >= 11 is 0. The van der Waals surface area contributed by atoms with Crippen LogP contribution < -0.4 is 0 Å². The fraction of sp³-hybridized carbons (Fsp3) is 0.214. The van der Waals surface area contributed by atoms with E-state index in [4.69, 9.17) is 0 Å². The van der Waals surface area contributed by atoms with E-state index in [0.29, 0.717) is 0 Å². The van der Waals surface area contributed by atoms with Gasteiger partial charge in [0.25, 0.3) is 0 Å². The van der Waals surface area contributed by atoms with Crippen molar-refractivity contribution < 1.29 is 0 Å². The van der Waals surface area contributed by atoms with E-state index in [1.807, 2.05) is 6.92 Å². The van der Waals surface area contributed by atoms with E-state index in [2.05, 4.69) is 41.8 Å². The summed E-state index contributed by atoms with van der Waals surface area (Å²) in [6, 6.07) is 10.7. The summed E-state index contributed by atoms with van der Waals surface area (Å²) in [4.78, 5) is 0. The fourth-order valence-electron chi connectivity index (χ4n) is 2.58. The van der Waals surface area contributed by atoms with Crippen LogP contribution in [-0.4, -0.2) is 4.57 Å². The Kier molecular flexibility index (Phi) is 1.73. The molecule has 2 nitrogen and oxygen atoms in total. The molecule has 0 aliphatic carbocycles. The normalized spacial score (nSPS) is 12.1. The number of rotatable bonds is 0. The minimum atomic E-state index is 0.855. The lowest BCUT2D eigenvalue weighted by Crippen LogP contribution is -1.94. The number of hydrogen-bond acceptors (Lipinski definition) is 1. The molecule has 1 aliphatic rings. The van der Waals surface area contributed by atoms with Gasteiger partial charge in [0.05, 0.1) is 5.56 Å². The van der Waals surface area contributed by atoms with Crippen molar-refractivity contribution in [2.24, 2.45) is 0 Å². The van der Waals surface area contributed by atoms with Gasteiger partial charge < -0.3 is 4.57 Å². The zero-order chi connectivity index (χ0) is 11.3. The topological polar surface area (TPSA) is 28.7 Å². The van der Waals surface area contributed by atoms with Crippen LogP contribution in [0, 0.1) is 25.2 Å². The highest BCUT2D eigenvalue weighted by molar-refractivity contribution is 5.59. The van der Waals surface area contributed by atoms with Crippen LogP contribution in [0.25, 0.3) is 5.69 Å². The van der Waals surface area contributed by atoms with Gasteiger partial charge in [0.15, 0.2) is 0 Å². The van der Waals surface area contributed by atoms with E-state index in [9.17, 15) is 5.26 Å². The molecule has 16 heavy (non-hydrogen) atoms. The summed E-state index contributed by atoms with van der Waals surface area (Å²) in [7, 11) is 0. The minimum absolute atomic E-state index is 0.855. The maximum Gasteiger partial charge on any atom is 0.101 e.